The topological polar surface area (TPSA) is 65.4 Å². The minimum absolute atomic E-state index is 0.0643. The Hall–Kier alpha value is -2.97. The van der Waals surface area contributed by atoms with Gasteiger partial charge in [0.2, 0.25) is 0 Å². The van der Waals surface area contributed by atoms with Crippen LogP contribution in [0.2, 0.25) is 5.02 Å². The van der Waals surface area contributed by atoms with E-state index in [1.54, 1.807) is 0 Å². The summed E-state index contributed by atoms with van der Waals surface area (Å²) in [5, 5.41) is 7.12. The van der Waals surface area contributed by atoms with Crippen molar-refractivity contribution in [3.8, 4) is 17.2 Å². The van der Waals surface area contributed by atoms with Crippen LogP contribution in [0.4, 0.5) is 14.5 Å². The molecule has 1 fully saturated rings. The van der Waals surface area contributed by atoms with Crippen LogP contribution in [0.1, 0.15) is 12.8 Å². The first-order valence-electron chi connectivity index (χ1n) is 9.84. The summed E-state index contributed by atoms with van der Waals surface area (Å²) < 4.78 is 39.5. The average Bonchev–Trinajstić information content (AvgIpc) is 2.78. The Morgan fingerprint density at radius 2 is 1.97 bits per heavy atom. The molecule has 6 nitrogen and oxygen atoms in total. The van der Waals surface area contributed by atoms with Gasteiger partial charge in [0.1, 0.15) is 28.0 Å². The van der Waals surface area contributed by atoms with Crippen LogP contribution >= 0.6 is 11.6 Å². The summed E-state index contributed by atoms with van der Waals surface area (Å²) >= 11 is 6.22. The molecule has 2 aromatic carbocycles. The summed E-state index contributed by atoms with van der Waals surface area (Å²) in [6, 6.07) is 9.31. The van der Waals surface area contributed by atoms with Gasteiger partial charge in [0.25, 0.3) is 5.56 Å². The van der Waals surface area contributed by atoms with E-state index in [0.717, 1.165) is 30.2 Å². The fourth-order valence-corrected chi connectivity index (χ4v) is 3.51. The van der Waals surface area contributed by atoms with Crippen LogP contribution in [0.25, 0.3) is 5.69 Å². The lowest BCUT2D eigenvalue weighted by molar-refractivity contribution is 0.0595. The molecule has 0 bridgehead atoms. The molecule has 31 heavy (non-hydrogen) atoms. The van der Waals surface area contributed by atoms with Gasteiger partial charge in [-0.25, -0.2) is 8.78 Å². The lowest BCUT2D eigenvalue weighted by Gasteiger charge is -2.22. The molecule has 1 saturated heterocycles. The maximum absolute atomic E-state index is 14.7. The Bertz CT molecular complexity index is 1120. The summed E-state index contributed by atoms with van der Waals surface area (Å²) in [6.45, 7) is 2.04. The monoisotopic (exact) mass is 447 g/mol. The second kappa shape index (κ2) is 9.45. The molecule has 1 aliphatic rings. The van der Waals surface area contributed by atoms with Gasteiger partial charge in [0, 0.05) is 19.2 Å². The zero-order chi connectivity index (χ0) is 21.8. The molecular weight excluding hydrogens is 428 g/mol. The van der Waals surface area contributed by atoms with E-state index in [1.165, 1.54) is 42.6 Å². The molecule has 0 aliphatic carbocycles. The van der Waals surface area contributed by atoms with E-state index in [-0.39, 0.29) is 16.5 Å². The second-order valence-electron chi connectivity index (χ2n) is 7.22. The van der Waals surface area contributed by atoms with Gasteiger partial charge in [-0.1, -0.05) is 11.6 Å². The molecule has 0 amide bonds. The minimum Gasteiger partial charge on any atom is -0.457 e. The van der Waals surface area contributed by atoms with Crippen LogP contribution in [0.5, 0.6) is 11.5 Å². The number of rotatable bonds is 6. The highest BCUT2D eigenvalue weighted by Crippen LogP contribution is 2.25. The SMILES string of the molecule is O=c1c(Cl)c(NC[C@H]2CCCOC2)cnn1-c1ccc(Oc2ccc(F)cc2)cc1F. The summed E-state index contributed by atoms with van der Waals surface area (Å²) in [5.74, 6) is -0.240. The third-order valence-corrected chi connectivity index (χ3v) is 5.32. The molecule has 9 heteroatoms. The van der Waals surface area contributed by atoms with Crippen LogP contribution in [-0.4, -0.2) is 29.5 Å². The zero-order valence-corrected chi connectivity index (χ0v) is 17.2. The van der Waals surface area contributed by atoms with Gasteiger partial charge in [-0.3, -0.25) is 4.79 Å². The number of hydrogen-bond donors (Lipinski definition) is 1. The Labute approximate surface area is 182 Å². The highest BCUT2D eigenvalue weighted by Gasteiger charge is 2.17. The van der Waals surface area contributed by atoms with Gasteiger partial charge < -0.3 is 14.8 Å². The van der Waals surface area contributed by atoms with Crippen LogP contribution in [0, 0.1) is 17.6 Å². The number of aromatic nitrogens is 2. The predicted octanol–water partition coefficient (Wildman–Crippen LogP) is 4.79. The molecule has 2 heterocycles. The number of benzene rings is 2. The van der Waals surface area contributed by atoms with E-state index in [4.69, 9.17) is 21.1 Å². The van der Waals surface area contributed by atoms with Gasteiger partial charge in [-0.05, 0) is 55.2 Å². The molecule has 1 N–H and O–H groups in total. The van der Waals surface area contributed by atoms with Gasteiger partial charge in [0.15, 0.2) is 5.82 Å². The van der Waals surface area contributed by atoms with E-state index in [0.29, 0.717) is 30.5 Å². The molecular formula is C22H20ClF2N3O3. The number of ether oxygens (including phenoxy) is 2. The van der Waals surface area contributed by atoms with Crippen molar-refractivity contribution in [1.82, 2.24) is 9.78 Å². The molecule has 0 spiro atoms. The zero-order valence-electron chi connectivity index (χ0n) is 16.5. The van der Waals surface area contributed by atoms with Crippen LogP contribution in [-0.2, 0) is 4.74 Å². The van der Waals surface area contributed by atoms with E-state index in [9.17, 15) is 13.6 Å². The molecule has 1 aliphatic heterocycles. The van der Waals surface area contributed by atoms with Crippen molar-refractivity contribution < 1.29 is 18.3 Å². The van der Waals surface area contributed by atoms with Crippen molar-refractivity contribution in [2.24, 2.45) is 5.92 Å². The third kappa shape index (κ3) is 5.03. The summed E-state index contributed by atoms with van der Waals surface area (Å²) in [7, 11) is 0. The minimum atomic E-state index is -0.717. The van der Waals surface area contributed by atoms with Crippen LogP contribution in [0.3, 0.4) is 0 Å². The average molecular weight is 448 g/mol. The van der Waals surface area contributed by atoms with Crippen molar-refractivity contribution in [1.29, 1.82) is 0 Å². The number of halogens is 3. The smallest absolute Gasteiger partial charge is 0.292 e. The number of nitrogens with one attached hydrogen (secondary N) is 1. The third-order valence-electron chi connectivity index (χ3n) is 4.95. The van der Waals surface area contributed by atoms with Crippen molar-refractivity contribution >= 4 is 17.3 Å². The molecule has 0 radical (unpaired) electrons. The van der Waals surface area contributed by atoms with Crippen LogP contribution < -0.4 is 15.6 Å². The largest absolute Gasteiger partial charge is 0.457 e. The van der Waals surface area contributed by atoms with E-state index in [1.807, 2.05) is 0 Å². The van der Waals surface area contributed by atoms with E-state index in [2.05, 4.69) is 10.4 Å². The fraction of sp³-hybridized carbons (Fsp3) is 0.273. The van der Waals surface area contributed by atoms with E-state index < -0.39 is 17.2 Å². The first-order chi connectivity index (χ1) is 15.0. The van der Waals surface area contributed by atoms with Crippen molar-refractivity contribution in [3.63, 3.8) is 0 Å². The molecule has 4 rings (SSSR count). The maximum Gasteiger partial charge on any atom is 0.292 e. The van der Waals surface area contributed by atoms with E-state index >= 15 is 0 Å². The molecule has 1 atom stereocenters. The first-order valence-corrected chi connectivity index (χ1v) is 10.2. The van der Waals surface area contributed by atoms with Crippen molar-refractivity contribution in [2.45, 2.75) is 12.8 Å². The van der Waals surface area contributed by atoms with Gasteiger partial charge in [0.05, 0.1) is 18.5 Å². The fourth-order valence-electron chi connectivity index (χ4n) is 3.31. The molecule has 3 aromatic rings. The molecule has 1 aromatic heterocycles. The lowest BCUT2D eigenvalue weighted by Crippen LogP contribution is -2.27. The quantitative estimate of drug-likeness (QED) is 0.588. The van der Waals surface area contributed by atoms with Crippen molar-refractivity contribution in [3.05, 3.63) is 75.7 Å². The highest BCUT2D eigenvalue weighted by molar-refractivity contribution is 6.32. The predicted molar refractivity (Wildman–Crippen MR) is 113 cm³/mol. The van der Waals surface area contributed by atoms with Crippen LogP contribution in [0.15, 0.2) is 53.5 Å². The molecule has 0 unspecified atom stereocenters. The normalized spacial score (nSPS) is 16.2. The summed E-state index contributed by atoms with van der Waals surface area (Å²) in [5.41, 5.74) is -0.312. The van der Waals surface area contributed by atoms with Gasteiger partial charge in [-0.2, -0.15) is 9.78 Å². The first kappa shape index (κ1) is 21.3. The summed E-state index contributed by atoms with van der Waals surface area (Å²) in [6.07, 6.45) is 3.43. The molecule has 162 valence electrons. The van der Waals surface area contributed by atoms with Gasteiger partial charge in [-0.15, -0.1) is 0 Å². The second-order valence-corrected chi connectivity index (χ2v) is 7.60. The standard InChI is InChI=1S/C22H20ClF2N3O3/c23-21-19(26-11-14-2-1-9-30-13-14)12-27-28(22(21)29)20-8-7-17(10-18(20)25)31-16-5-3-15(24)4-6-16/h3-8,10,12,14,26H,1-2,9,11,13H2/t14-/m1/s1. The number of anilines is 1. The summed E-state index contributed by atoms with van der Waals surface area (Å²) in [4.78, 5) is 12.7. The maximum atomic E-state index is 14.7. The van der Waals surface area contributed by atoms with Gasteiger partial charge >= 0.3 is 0 Å². The Morgan fingerprint density at radius 1 is 1.19 bits per heavy atom. The Morgan fingerprint density at radius 3 is 2.68 bits per heavy atom. The number of nitrogens with zero attached hydrogens (tertiary/aromatic N) is 2. The lowest BCUT2D eigenvalue weighted by atomic mass is 10.0. The Balaban J connectivity index is 1.51. The number of hydrogen-bond acceptors (Lipinski definition) is 5. The van der Waals surface area contributed by atoms with Crippen molar-refractivity contribution in [2.75, 3.05) is 25.1 Å². The highest BCUT2D eigenvalue weighted by atomic mass is 35.5. The molecule has 0 saturated carbocycles. The Kier molecular flexibility index (Phi) is 6.48.